The lowest BCUT2D eigenvalue weighted by atomic mass is 10.1. The van der Waals surface area contributed by atoms with Gasteiger partial charge in [0.15, 0.2) is 5.11 Å². The van der Waals surface area contributed by atoms with Crippen molar-refractivity contribution in [1.29, 1.82) is 0 Å². The van der Waals surface area contributed by atoms with Crippen LogP contribution in [-0.2, 0) is 11.3 Å². The van der Waals surface area contributed by atoms with Gasteiger partial charge in [0.25, 0.3) is 0 Å². The van der Waals surface area contributed by atoms with Gasteiger partial charge in [-0.25, -0.2) is 0 Å². The van der Waals surface area contributed by atoms with Crippen molar-refractivity contribution in [3.63, 3.8) is 0 Å². The van der Waals surface area contributed by atoms with E-state index in [1.807, 2.05) is 24.3 Å². The summed E-state index contributed by atoms with van der Waals surface area (Å²) in [5, 5.41) is 4.70. The normalized spacial score (nSPS) is 14.6. The fourth-order valence-electron chi connectivity index (χ4n) is 3.23. The highest BCUT2D eigenvalue weighted by atomic mass is 35.5. The molecule has 0 unspecified atom stereocenters. The Balaban J connectivity index is 1.63. The van der Waals surface area contributed by atoms with E-state index in [1.54, 1.807) is 0 Å². The van der Waals surface area contributed by atoms with Crippen molar-refractivity contribution < 1.29 is 4.74 Å². The molecule has 1 saturated heterocycles. The molecule has 0 atom stereocenters. The van der Waals surface area contributed by atoms with E-state index in [-0.39, 0.29) is 0 Å². The first kappa shape index (κ1) is 21.1. The third-order valence-electron chi connectivity index (χ3n) is 4.90. The molecular formula is C22H28ClN3OS. The largest absolute Gasteiger partial charge is 0.379 e. The van der Waals surface area contributed by atoms with E-state index in [9.17, 15) is 0 Å². The second-order valence-corrected chi connectivity index (χ2v) is 7.92. The van der Waals surface area contributed by atoms with Gasteiger partial charge in [-0.1, -0.05) is 53.6 Å². The smallest absolute Gasteiger partial charge is 0.173 e. The zero-order chi connectivity index (χ0) is 19.8. The lowest BCUT2D eigenvalue weighted by Crippen LogP contribution is -2.40. The van der Waals surface area contributed by atoms with E-state index in [0.29, 0.717) is 10.1 Å². The second-order valence-electron chi connectivity index (χ2n) is 7.12. The van der Waals surface area contributed by atoms with E-state index in [4.69, 9.17) is 28.6 Å². The van der Waals surface area contributed by atoms with Crippen molar-refractivity contribution in [1.82, 2.24) is 9.80 Å². The van der Waals surface area contributed by atoms with Crippen molar-refractivity contribution >= 4 is 34.6 Å². The van der Waals surface area contributed by atoms with Crippen LogP contribution in [0.5, 0.6) is 0 Å². The Bertz CT molecular complexity index is 763. The number of nitrogens with one attached hydrogen (secondary N) is 1. The van der Waals surface area contributed by atoms with Crippen molar-refractivity contribution in [2.24, 2.45) is 0 Å². The zero-order valence-corrected chi connectivity index (χ0v) is 17.9. The molecule has 4 nitrogen and oxygen atoms in total. The molecule has 1 heterocycles. The van der Waals surface area contributed by atoms with E-state index in [0.717, 1.165) is 58.0 Å². The monoisotopic (exact) mass is 417 g/mol. The number of halogens is 1. The van der Waals surface area contributed by atoms with Crippen molar-refractivity contribution in [2.45, 2.75) is 19.9 Å². The summed E-state index contributed by atoms with van der Waals surface area (Å²) in [7, 11) is 0. The van der Waals surface area contributed by atoms with Gasteiger partial charge in [0.2, 0.25) is 0 Å². The molecule has 3 rings (SSSR count). The summed E-state index contributed by atoms with van der Waals surface area (Å²) in [6.45, 7) is 8.52. The van der Waals surface area contributed by atoms with Crippen LogP contribution in [0.25, 0.3) is 0 Å². The van der Waals surface area contributed by atoms with Crippen LogP contribution in [0, 0.1) is 6.92 Å². The number of nitrogens with zero attached hydrogens (tertiary/aromatic N) is 2. The van der Waals surface area contributed by atoms with Crippen LogP contribution < -0.4 is 5.32 Å². The Kier molecular flexibility index (Phi) is 8.10. The third-order valence-corrected chi connectivity index (χ3v) is 5.59. The summed E-state index contributed by atoms with van der Waals surface area (Å²) >= 11 is 12.0. The number of morpholine rings is 1. The van der Waals surface area contributed by atoms with Crippen molar-refractivity contribution in [2.75, 3.05) is 44.7 Å². The summed E-state index contributed by atoms with van der Waals surface area (Å²) < 4.78 is 5.44. The highest BCUT2D eigenvalue weighted by Gasteiger charge is 2.14. The Morgan fingerprint density at radius 3 is 2.57 bits per heavy atom. The van der Waals surface area contributed by atoms with Gasteiger partial charge in [0, 0.05) is 32.7 Å². The second kappa shape index (κ2) is 10.8. The van der Waals surface area contributed by atoms with Crippen LogP contribution in [0.15, 0.2) is 48.5 Å². The lowest BCUT2D eigenvalue weighted by Gasteiger charge is -2.30. The molecule has 0 radical (unpaired) electrons. The first-order chi connectivity index (χ1) is 13.6. The van der Waals surface area contributed by atoms with Gasteiger partial charge >= 0.3 is 0 Å². The number of para-hydroxylation sites is 1. The number of hydrogen-bond acceptors (Lipinski definition) is 3. The summed E-state index contributed by atoms with van der Waals surface area (Å²) in [5.74, 6) is 0. The number of rotatable bonds is 7. The minimum absolute atomic E-state index is 0.674. The third kappa shape index (κ3) is 6.45. The molecule has 6 heteroatoms. The number of hydrogen-bond donors (Lipinski definition) is 1. The fourth-order valence-corrected chi connectivity index (χ4v) is 3.68. The number of benzene rings is 2. The molecule has 0 saturated carbocycles. The van der Waals surface area contributed by atoms with Crippen LogP contribution in [0.2, 0.25) is 5.02 Å². The summed E-state index contributed by atoms with van der Waals surface area (Å²) in [5.41, 5.74) is 3.36. The van der Waals surface area contributed by atoms with Gasteiger partial charge in [-0.3, -0.25) is 4.90 Å². The van der Waals surface area contributed by atoms with Crippen LogP contribution in [-0.4, -0.2) is 54.3 Å². The van der Waals surface area contributed by atoms with Gasteiger partial charge in [-0.15, -0.1) is 0 Å². The lowest BCUT2D eigenvalue weighted by molar-refractivity contribution is 0.0368. The van der Waals surface area contributed by atoms with Crippen LogP contribution >= 0.6 is 23.8 Å². The minimum Gasteiger partial charge on any atom is -0.379 e. The molecule has 0 amide bonds. The van der Waals surface area contributed by atoms with E-state index < -0.39 is 0 Å². The molecule has 150 valence electrons. The Morgan fingerprint density at radius 2 is 1.86 bits per heavy atom. The Labute approximate surface area is 178 Å². The van der Waals surface area contributed by atoms with Gasteiger partial charge < -0.3 is 15.0 Å². The first-order valence-corrected chi connectivity index (χ1v) is 10.6. The minimum atomic E-state index is 0.674. The SMILES string of the molecule is Cc1ccc(CN(CCCN2CCOCC2)C(=S)Nc2ccccc2Cl)cc1. The van der Waals surface area contributed by atoms with Gasteiger partial charge in [-0.2, -0.15) is 0 Å². The summed E-state index contributed by atoms with van der Waals surface area (Å²) in [6.07, 6.45) is 1.05. The molecule has 0 bridgehead atoms. The highest BCUT2D eigenvalue weighted by Crippen LogP contribution is 2.21. The summed E-state index contributed by atoms with van der Waals surface area (Å²) in [6, 6.07) is 16.3. The first-order valence-electron chi connectivity index (χ1n) is 9.78. The maximum atomic E-state index is 6.30. The van der Waals surface area contributed by atoms with Crippen molar-refractivity contribution in [3.05, 3.63) is 64.7 Å². The maximum Gasteiger partial charge on any atom is 0.173 e. The molecule has 0 spiro atoms. The van der Waals surface area contributed by atoms with Crippen LogP contribution in [0.3, 0.4) is 0 Å². The molecule has 28 heavy (non-hydrogen) atoms. The highest BCUT2D eigenvalue weighted by molar-refractivity contribution is 7.80. The molecule has 1 N–H and O–H groups in total. The topological polar surface area (TPSA) is 27.7 Å². The zero-order valence-electron chi connectivity index (χ0n) is 16.4. The number of ether oxygens (including phenoxy) is 1. The molecule has 1 aliphatic rings. The van der Waals surface area contributed by atoms with Gasteiger partial charge in [-0.05, 0) is 43.3 Å². The molecule has 1 aliphatic heterocycles. The van der Waals surface area contributed by atoms with E-state index >= 15 is 0 Å². The van der Waals surface area contributed by atoms with Crippen LogP contribution in [0.4, 0.5) is 5.69 Å². The molecular weight excluding hydrogens is 390 g/mol. The predicted molar refractivity (Wildman–Crippen MR) is 121 cm³/mol. The standard InChI is InChI=1S/C22H28ClN3OS/c1-18-7-9-19(10-8-18)17-26(12-4-11-25-13-15-27-16-14-25)22(28)24-21-6-3-2-5-20(21)23/h2-3,5-10H,4,11-17H2,1H3,(H,24,28). The maximum absolute atomic E-state index is 6.30. The molecule has 1 fully saturated rings. The van der Waals surface area contributed by atoms with E-state index in [1.165, 1.54) is 11.1 Å². The molecule has 0 aromatic heterocycles. The number of aryl methyl sites for hydroxylation is 1. The molecule has 2 aromatic rings. The van der Waals surface area contributed by atoms with Crippen LogP contribution in [0.1, 0.15) is 17.5 Å². The number of thiocarbonyl (C=S) groups is 1. The van der Waals surface area contributed by atoms with E-state index in [2.05, 4.69) is 46.3 Å². The Hall–Kier alpha value is -1.66. The van der Waals surface area contributed by atoms with Crippen molar-refractivity contribution in [3.8, 4) is 0 Å². The quantitative estimate of drug-likeness (QED) is 0.666. The van der Waals surface area contributed by atoms with Gasteiger partial charge in [0.1, 0.15) is 0 Å². The Morgan fingerprint density at radius 1 is 1.14 bits per heavy atom. The molecule has 2 aromatic carbocycles. The summed E-state index contributed by atoms with van der Waals surface area (Å²) in [4.78, 5) is 4.68. The average molecular weight is 418 g/mol. The predicted octanol–water partition coefficient (Wildman–Crippen LogP) is 4.57. The fraction of sp³-hybridized carbons (Fsp3) is 0.409. The average Bonchev–Trinajstić information content (AvgIpc) is 2.71. The number of anilines is 1. The molecule has 0 aliphatic carbocycles. The van der Waals surface area contributed by atoms with Gasteiger partial charge in [0.05, 0.1) is 23.9 Å².